The van der Waals surface area contributed by atoms with Gasteiger partial charge in [-0.3, -0.25) is 5.10 Å². The van der Waals surface area contributed by atoms with Crippen molar-refractivity contribution >= 4 is 35.3 Å². The van der Waals surface area contributed by atoms with Gasteiger partial charge in [-0.15, -0.1) is 0 Å². The Kier molecular flexibility index (Phi) is 5.19. The molecule has 3 rings (SSSR count). The van der Waals surface area contributed by atoms with Crippen LogP contribution in [0.15, 0.2) is 55.1 Å². The van der Waals surface area contributed by atoms with E-state index < -0.39 is 0 Å². The molecule has 0 unspecified atom stereocenters. The third kappa shape index (κ3) is 3.66. The highest BCUT2D eigenvalue weighted by Crippen LogP contribution is 2.20. The number of fused-ring (bicyclic) bond motifs is 1. The van der Waals surface area contributed by atoms with E-state index in [1.165, 1.54) is 5.56 Å². The Hall–Kier alpha value is -3.23. The third-order valence-electron chi connectivity index (χ3n) is 3.09. The van der Waals surface area contributed by atoms with Crippen molar-refractivity contribution in [1.29, 1.82) is 0 Å². The molecule has 1 heterocycles. The highest BCUT2D eigenvalue weighted by Gasteiger charge is 2.02. The lowest BCUT2D eigenvalue weighted by molar-refractivity contribution is -0.191. The van der Waals surface area contributed by atoms with Crippen molar-refractivity contribution in [1.82, 2.24) is 10.2 Å². The van der Waals surface area contributed by atoms with Crippen LogP contribution in [-0.2, 0) is 9.59 Å². The quantitative estimate of drug-likeness (QED) is 0.798. The molecule has 3 aromatic rings. The largest absolute Gasteiger partial charge is 0.373 e. The van der Waals surface area contributed by atoms with Crippen molar-refractivity contribution in [3.63, 3.8) is 0 Å². The van der Waals surface area contributed by atoms with Crippen LogP contribution in [0.3, 0.4) is 0 Å². The third-order valence-corrected chi connectivity index (χ3v) is 3.09. The maximum atomic E-state index is 8.12. The number of carbonyl (C=O) groups excluding carboxylic acids is 2. The molecule has 0 saturated carbocycles. The Morgan fingerprint density at radius 3 is 2.41 bits per heavy atom. The summed E-state index contributed by atoms with van der Waals surface area (Å²) in [5, 5.41) is 8.50. The van der Waals surface area contributed by atoms with Crippen molar-refractivity contribution in [2.45, 2.75) is 0 Å². The summed E-state index contributed by atoms with van der Waals surface area (Å²) in [6.45, 7) is 3.80. The maximum Gasteiger partial charge on any atom is 0.373 e. The normalized spacial score (nSPS) is 10.0. The number of H-pyrrole nitrogens is 1. The summed E-state index contributed by atoms with van der Waals surface area (Å²) in [4.78, 5) is 16.2. The van der Waals surface area contributed by atoms with Crippen molar-refractivity contribution in [3.05, 3.63) is 71.9 Å². The van der Waals surface area contributed by atoms with Gasteiger partial charge < -0.3 is 0 Å². The summed E-state index contributed by atoms with van der Waals surface area (Å²) in [6, 6.07) is 16.4. The van der Waals surface area contributed by atoms with Crippen molar-refractivity contribution in [3.8, 4) is 0 Å². The van der Waals surface area contributed by atoms with E-state index in [4.69, 9.17) is 9.59 Å². The predicted molar refractivity (Wildman–Crippen MR) is 86.6 cm³/mol. The van der Waals surface area contributed by atoms with Gasteiger partial charge in [-0.1, -0.05) is 55.1 Å². The van der Waals surface area contributed by atoms with Crippen LogP contribution in [0.1, 0.15) is 16.8 Å². The van der Waals surface area contributed by atoms with E-state index in [-0.39, 0.29) is 6.15 Å². The van der Waals surface area contributed by atoms with E-state index in [9.17, 15) is 0 Å². The van der Waals surface area contributed by atoms with Crippen molar-refractivity contribution < 1.29 is 9.59 Å². The highest BCUT2D eigenvalue weighted by atomic mass is 16.2. The minimum absolute atomic E-state index is 0.250. The molecule has 0 saturated heterocycles. The first kappa shape index (κ1) is 15.2. The zero-order chi connectivity index (χ0) is 15.8. The Morgan fingerprint density at radius 1 is 1.00 bits per heavy atom. The summed E-state index contributed by atoms with van der Waals surface area (Å²) >= 11 is 0. The fourth-order valence-corrected chi connectivity index (χ4v) is 2.05. The van der Waals surface area contributed by atoms with Gasteiger partial charge in [0.15, 0.2) is 0 Å². The number of nitrogens with zero attached hydrogens (tertiary/aromatic N) is 1. The highest BCUT2D eigenvalue weighted by molar-refractivity contribution is 5.90. The summed E-state index contributed by atoms with van der Waals surface area (Å²) < 4.78 is 0. The molecule has 0 amide bonds. The molecule has 108 valence electrons. The number of hydrogen-bond acceptors (Lipinski definition) is 3. The molecule has 1 aromatic heterocycles. The van der Waals surface area contributed by atoms with Crippen LogP contribution in [0.5, 0.6) is 0 Å². The summed E-state index contributed by atoms with van der Waals surface area (Å²) in [5.41, 5.74) is 4.25. The number of aromatic nitrogens is 2. The predicted octanol–water partition coefficient (Wildman–Crippen LogP) is 3.79. The monoisotopic (exact) mass is 290 g/mol. The minimum Gasteiger partial charge on any atom is -0.277 e. The smallest absolute Gasteiger partial charge is 0.277 e. The summed E-state index contributed by atoms with van der Waals surface area (Å²) in [6.07, 6.45) is 6.19. The van der Waals surface area contributed by atoms with Gasteiger partial charge in [0.1, 0.15) is 0 Å². The molecule has 4 nitrogen and oxygen atoms in total. The summed E-state index contributed by atoms with van der Waals surface area (Å²) in [7, 11) is 0. The van der Waals surface area contributed by atoms with Crippen LogP contribution >= 0.6 is 0 Å². The molecule has 0 spiro atoms. The Labute approximate surface area is 127 Å². The molecule has 0 fully saturated rings. The zero-order valence-corrected chi connectivity index (χ0v) is 11.8. The lowest BCUT2D eigenvalue weighted by atomic mass is 10.1. The average molecular weight is 290 g/mol. The first-order valence-electron chi connectivity index (χ1n) is 6.61. The van der Waals surface area contributed by atoms with Crippen LogP contribution in [-0.4, -0.2) is 16.3 Å². The zero-order valence-electron chi connectivity index (χ0n) is 11.8. The fourth-order valence-electron chi connectivity index (χ4n) is 2.05. The molecular weight excluding hydrogens is 276 g/mol. The van der Waals surface area contributed by atoms with Gasteiger partial charge >= 0.3 is 6.15 Å². The molecule has 0 radical (unpaired) electrons. The fraction of sp³-hybridized carbons (Fsp3) is 0. The van der Waals surface area contributed by atoms with Crippen molar-refractivity contribution in [2.24, 2.45) is 0 Å². The lowest BCUT2D eigenvalue weighted by Crippen LogP contribution is -1.75. The van der Waals surface area contributed by atoms with Gasteiger partial charge in [-0.2, -0.15) is 14.7 Å². The van der Waals surface area contributed by atoms with E-state index in [1.807, 2.05) is 42.5 Å². The molecule has 0 aliphatic rings. The van der Waals surface area contributed by atoms with Crippen LogP contribution in [0.25, 0.3) is 29.1 Å². The van der Waals surface area contributed by atoms with Gasteiger partial charge in [-0.25, -0.2) is 0 Å². The number of nitrogens with one attached hydrogen (secondary N) is 1. The van der Waals surface area contributed by atoms with E-state index in [0.717, 1.165) is 22.2 Å². The average Bonchev–Trinajstić information content (AvgIpc) is 2.97. The van der Waals surface area contributed by atoms with Crippen LogP contribution in [0.4, 0.5) is 0 Å². The van der Waals surface area contributed by atoms with E-state index in [0.29, 0.717) is 0 Å². The van der Waals surface area contributed by atoms with Crippen LogP contribution in [0.2, 0.25) is 0 Å². The molecule has 2 aromatic carbocycles. The van der Waals surface area contributed by atoms with E-state index in [1.54, 1.807) is 0 Å². The van der Waals surface area contributed by atoms with E-state index in [2.05, 4.69) is 41.1 Å². The first-order valence-corrected chi connectivity index (χ1v) is 6.61. The van der Waals surface area contributed by atoms with Crippen molar-refractivity contribution in [2.75, 3.05) is 0 Å². The molecule has 0 aliphatic carbocycles. The van der Waals surface area contributed by atoms with Crippen LogP contribution in [0, 0.1) is 0 Å². The van der Waals surface area contributed by atoms with Crippen LogP contribution < -0.4 is 0 Å². The van der Waals surface area contributed by atoms with E-state index >= 15 is 0 Å². The number of hydrogen-bond donors (Lipinski definition) is 1. The Bertz CT molecular complexity index is 827. The second-order valence-electron chi connectivity index (χ2n) is 4.45. The van der Waals surface area contributed by atoms with Gasteiger partial charge in [0.05, 0.1) is 11.2 Å². The number of benzene rings is 2. The molecule has 0 bridgehead atoms. The number of aromatic amines is 1. The molecule has 0 atom stereocenters. The van der Waals surface area contributed by atoms with Gasteiger partial charge in [0.25, 0.3) is 0 Å². The first-order chi connectivity index (χ1) is 10.8. The lowest BCUT2D eigenvalue weighted by Gasteiger charge is -1.94. The summed E-state index contributed by atoms with van der Waals surface area (Å²) in [5.74, 6) is 0. The second-order valence-corrected chi connectivity index (χ2v) is 4.45. The van der Waals surface area contributed by atoms with Gasteiger partial charge in [0.2, 0.25) is 0 Å². The molecule has 4 heteroatoms. The molecular formula is C18H14N2O2. The minimum atomic E-state index is 0.250. The molecule has 22 heavy (non-hydrogen) atoms. The maximum absolute atomic E-state index is 8.12. The topological polar surface area (TPSA) is 62.8 Å². The molecule has 0 aliphatic heterocycles. The second kappa shape index (κ2) is 7.53. The Morgan fingerprint density at radius 2 is 1.73 bits per heavy atom. The molecule has 1 N–H and O–H groups in total. The SMILES string of the molecule is C=Cc1ccc2[nH]nc(/C=C/c3ccccc3)c2c1.O=C=O. The standard InChI is InChI=1S/C17H14N2.CO2/c1-2-13-8-10-16-15(12-13)17(19-18-16)11-9-14-6-4-3-5-7-14;2-1-3/h2-12H,1H2,(H,18,19);/b11-9+;. The van der Waals surface area contributed by atoms with Gasteiger partial charge in [0, 0.05) is 5.39 Å². The Balaban J connectivity index is 0.000000545. The van der Waals surface area contributed by atoms with Gasteiger partial charge in [-0.05, 0) is 29.3 Å². The number of rotatable bonds is 3.